The number of nitrogens with zero attached hydrogens (tertiary/aromatic N) is 3. The van der Waals surface area contributed by atoms with Crippen molar-refractivity contribution in [2.45, 2.75) is 26.3 Å². The van der Waals surface area contributed by atoms with Crippen LogP contribution in [0.5, 0.6) is 0 Å². The van der Waals surface area contributed by atoms with Crippen LogP contribution in [0.1, 0.15) is 20.8 Å². The summed E-state index contributed by atoms with van der Waals surface area (Å²) in [6, 6.07) is 0.354. The van der Waals surface area contributed by atoms with Gasteiger partial charge in [0.1, 0.15) is 0 Å². The highest BCUT2D eigenvalue weighted by atomic mass is 16.5. The molecule has 1 aromatic heterocycles. The zero-order chi connectivity index (χ0) is 7.61. The van der Waals surface area contributed by atoms with Crippen LogP contribution in [0.3, 0.4) is 0 Å². The normalized spacial score (nSPS) is 11.5. The van der Waals surface area contributed by atoms with Gasteiger partial charge in [0, 0.05) is 5.54 Å². The van der Waals surface area contributed by atoms with Gasteiger partial charge in [-0.1, -0.05) is 5.10 Å². The van der Waals surface area contributed by atoms with Crippen molar-refractivity contribution < 1.29 is 4.52 Å². The smallest absolute Gasteiger partial charge is 0.332 e. The van der Waals surface area contributed by atoms with Gasteiger partial charge in [-0.2, -0.15) is 0 Å². The molecule has 1 aromatic rings. The lowest BCUT2D eigenvalue weighted by atomic mass is 10.1. The Labute approximate surface area is 58.8 Å². The van der Waals surface area contributed by atoms with Crippen LogP contribution in [0.15, 0.2) is 4.52 Å². The highest BCUT2D eigenvalue weighted by molar-refractivity contribution is 5.19. The molecule has 1 heterocycles. The Bertz CT molecular complexity index is 188. The van der Waals surface area contributed by atoms with Crippen molar-refractivity contribution in [2.75, 3.05) is 5.32 Å². The van der Waals surface area contributed by atoms with Crippen molar-refractivity contribution in [3.63, 3.8) is 0 Å². The third-order valence-corrected chi connectivity index (χ3v) is 0.781. The fourth-order valence-electron chi connectivity index (χ4n) is 0.503. The molecule has 0 aromatic carbocycles. The molecule has 0 aliphatic carbocycles. The summed E-state index contributed by atoms with van der Waals surface area (Å²) in [5, 5.41) is 13.0. The first-order valence-electron chi connectivity index (χ1n) is 3.01. The Morgan fingerprint density at radius 2 is 2.10 bits per heavy atom. The monoisotopic (exact) mass is 142 g/mol. The van der Waals surface area contributed by atoms with Crippen LogP contribution in [0.25, 0.3) is 0 Å². The molecule has 5 heteroatoms. The number of aromatic nitrogens is 3. The Kier molecular flexibility index (Phi) is 1.57. The minimum Gasteiger partial charge on any atom is -0.332 e. The first kappa shape index (κ1) is 6.98. The summed E-state index contributed by atoms with van der Waals surface area (Å²) in [5.41, 5.74) is -0.0613. The lowest BCUT2D eigenvalue weighted by molar-refractivity contribution is 0.396. The molecule has 0 fully saturated rings. The predicted octanol–water partition coefficient (Wildman–Crippen LogP) is 0.675. The molecular formula is C5H10N4O. The van der Waals surface area contributed by atoms with Crippen LogP contribution in [0.4, 0.5) is 6.01 Å². The average Bonchev–Trinajstić information content (AvgIpc) is 2.12. The SMILES string of the molecule is CC(C)(C)Nc1nnno1. The highest BCUT2D eigenvalue weighted by Crippen LogP contribution is 2.08. The molecule has 0 unspecified atom stereocenters. The molecule has 0 spiro atoms. The molecule has 0 atom stereocenters. The lowest BCUT2D eigenvalue weighted by Crippen LogP contribution is -2.26. The molecule has 0 saturated heterocycles. The van der Waals surface area contributed by atoms with Crippen LogP contribution in [-0.4, -0.2) is 21.1 Å². The van der Waals surface area contributed by atoms with Gasteiger partial charge in [-0.05, 0) is 26.0 Å². The quantitative estimate of drug-likeness (QED) is 0.624. The third-order valence-electron chi connectivity index (χ3n) is 0.781. The molecule has 0 saturated carbocycles. The van der Waals surface area contributed by atoms with Crippen LogP contribution in [-0.2, 0) is 0 Å². The van der Waals surface area contributed by atoms with E-state index in [2.05, 4.69) is 25.4 Å². The first-order valence-corrected chi connectivity index (χ1v) is 3.01. The largest absolute Gasteiger partial charge is 0.342 e. The summed E-state index contributed by atoms with van der Waals surface area (Å²) in [5.74, 6) is 0. The Morgan fingerprint density at radius 3 is 2.50 bits per heavy atom. The minimum absolute atomic E-state index is 0.0613. The molecule has 1 rings (SSSR count). The maximum atomic E-state index is 4.63. The molecule has 1 N–H and O–H groups in total. The summed E-state index contributed by atoms with van der Waals surface area (Å²) >= 11 is 0. The van der Waals surface area contributed by atoms with E-state index in [-0.39, 0.29) is 5.54 Å². The molecule has 0 radical (unpaired) electrons. The molecule has 0 amide bonds. The first-order chi connectivity index (χ1) is 4.58. The van der Waals surface area contributed by atoms with Crippen LogP contribution in [0, 0.1) is 0 Å². The van der Waals surface area contributed by atoms with Gasteiger partial charge in [0.2, 0.25) is 0 Å². The van der Waals surface area contributed by atoms with E-state index in [0.29, 0.717) is 6.01 Å². The summed E-state index contributed by atoms with van der Waals surface area (Å²) in [4.78, 5) is 0. The molecule has 0 aliphatic rings. The second-order valence-electron chi connectivity index (χ2n) is 3.04. The van der Waals surface area contributed by atoms with Crippen LogP contribution >= 0.6 is 0 Å². The molecule has 0 aliphatic heterocycles. The topological polar surface area (TPSA) is 63.8 Å². The van der Waals surface area contributed by atoms with Crippen molar-refractivity contribution >= 4 is 6.01 Å². The molecule has 5 nitrogen and oxygen atoms in total. The van der Waals surface area contributed by atoms with Crippen molar-refractivity contribution in [3.05, 3.63) is 0 Å². The van der Waals surface area contributed by atoms with Gasteiger partial charge in [0.05, 0.1) is 5.27 Å². The zero-order valence-corrected chi connectivity index (χ0v) is 6.25. The molecule has 56 valence electrons. The number of hydrogen-bond donors (Lipinski definition) is 1. The third kappa shape index (κ3) is 2.00. The highest BCUT2D eigenvalue weighted by Gasteiger charge is 2.12. The standard InChI is InChI=1S/C5H10N4O/c1-5(2,3)6-4-7-8-9-10-4/h1-3H3,(H,6,7,9). The zero-order valence-electron chi connectivity index (χ0n) is 6.25. The maximum Gasteiger partial charge on any atom is 0.342 e. The van der Waals surface area contributed by atoms with E-state index in [1.54, 1.807) is 0 Å². The van der Waals surface area contributed by atoms with Gasteiger partial charge in [0.25, 0.3) is 0 Å². The van der Waals surface area contributed by atoms with E-state index in [0.717, 1.165) is 0 Å². The molecule has 0 bridgehead atoms. The van der Waals surface area contributed by atoms with E-state index in [4.69, 9.17) is 0 Å². The summed E-state index contributed by atoms with van der Waals surface area (Å²) in [6.45, 7) is 5.99. The Balaban J connectivity index is 2.57. The fraction of sp³-hybridized carbons (Fsp3) is 0.800. The van der Waals surface area contributed by atoms with E-state index >= 15 is 0 Å². The summed E-state index contributed by atoms with van der Waals surface area (Å²) in [7, 11) is 0. The second-order valence-corrected chi connectivity index (χ2v) is 3.04. The number of rotatable bonds is 1. The second kappa shape index (κ2) is 2.24. The predicted molar refractivity (Wildman–Crippen MR) is 35.5 cm³/mol. The molecular weight excluding hydrogens is 132 g/mol. The van der Waals surface area contributed by atoms with Gasteiger partial charge < -0.3 is 5.32 Å². The minimum atomic E-state index is -0.0613. The van der Waals surface area contributed by atoms with Gasteiger partial charge >= 0.3 is 6.01 Å². The maximum absolute atomic E-state index is 4.63. The lowest BCUT2D eigenvalue weighted by Gasteiger charge is -2.17. The number of anilines is 1. The Morgan fingerprint density at radius 1 is 1.40 bits per heavy atom. The summed E-state index contributed by atoms with van der Waals surface area (Å²) < 4.78 is 4.63. The van der Waals surface area contributed by atoms with E-state index in [9.17, 15) is 0 Å². The fourth-order valence-corrected chi connectivity index (χ4v) is 0.503. The van der Waals surface area contributed by atoms with Gasteiger partial charge in [0.15, 0.2) is 0 Å². The van der Waals surface area contributed by atoms with Gasteiger partial charge in [-0.15, -0.1) is 0 Å². The molecule has 10 heavy (non-hydrogen) atoms. The van der Waals surface area contributed by atoms with Gasteiger partial charge in [-0.25, -0.2) is 0 Å². The van der Waals surface area contributed by atoms with Crippen LogP contribution in [0.2, 0.25) is 0 Å². The number of nitrogens with one attached hydrogen (secondary N) is 1. The van der Waals surface area contributed by atoms with Gasteiger partial charge in [-0.3, -0.25) is 4.52 Å². The van der Waals surface area contributed by atoms with Crippen molar-refractivity contribution in [1.29, 1.82) is 0 Å². The summed E-state index contributed by atoms with van der Waals surface area (Å²) in [6.07, 6.45) is 0. The van der Waals surface area contributed by atoms with Crippen molar-refractivity contribution in [3.8, 4) is 0 Å². The van der Waals surface area contributed by atoms with E-state index in [1.165, 1.54) is 0 Å². The average molecular weight is 142 g/mol. The van der Waals surface area contributed by atoms with Crippen molar-refractivity contribution in [2.24, 2.45) is 0 Å². The van der Waals surface area contributed by atoms with Crippen LogP contribution < -0.4 is 5.32 Å². The number of hydrogen-bond acceptors (Lipinski definition) is 5. The van der Waals surface area contributed by atoms with E-state index in [1.807, 2.05) is 20.8 Å². The van der Waals surface area contributed by atoms with E-state index < -0.39 is 0 Å². The Hall–Kier alpha value is -1.13. The van der Waals surface area contributed by atoms with Crippen molar-refractivity contribution in [1.82, 2.24) is 15.6 Å².